The number of nitrogens with zero attached hydrogens (tertiary/aromatic N) is 2. The molecule has 0 saturated carbocycles. The third kappa shape index (κ3) is 3.71. The van der Waals surface area contributed by atoms with Gasteiger partial charge in [-0.2, -0.15) is 5.10 Å². The van der Waals surface area contributed by atoms with Crippen molar-refractivity contribution in [3.8, 4) is 0 Å². The predicted molar refractivity (Wildman–Crippen MR) is 90.6 cm³/mol. The molecule has 0 spiro atoms. The van der Waals surface area contributed by atoms with Gasteiger partial charge in [-0.25, -0.2) is 0 Å². The van der Waals surface area contributed by atoms with Crippen LogP contribution in [0, 0.1) is 0 Å². The van der Waals surface area contributed by atoms with Crippen LogP contribution in [0.25, 0.3) is 10.9 Å². The molecular weight excluding hydrogens is 306 g/mol. The van der Waals surface area contributed by atoms with E-state index in [0.717, 1.165) is 18.6 Å². The van der Waals surface area contributed by atoms with Crippen molar-refractivity contribution in [3.05, 3.63) is 64.8 Å². The highest BCUT2D eigenvalue weighted by Gasteiger charge is 2.11. The Kier molecular flexibility index (Phi) is 4.74. The number of nitrogens with one attached hydrogen (secondary N) is 1. The zero-order valence-electron chi connectivity index (χ0n) is 13.4. The van der Waals surface area contributed by atoms with Crippen LogP contribution in [0.4, 0.5) is 0 Å². The Bertz CT molecular complexity index is 884. The molecular formula is C18H19N3O3. The van der Waals surface area contributed by atoms with Crippen LogP contribution in [-0.4, -0.2) is 21.7 Å². The van der Waals surface area contributed by atoms with Crippen molar-refractivity contribution in [1.82, 2.24) is 15.1 Å². The second-order valence-corrected chi connectivity index (χ2v) is 5.77. The number of benzene rings is 1. The highest BCUT2D eigenvalue weighted by atomic mass is 16.3. The lowest BCUT2D eigenvalue weighted by Crippen LogP contribution is -2.36. The van der Waals surface area contributed by atoms with Crippen LogP contribution in [0.2, 0.25) is 0 Å². The Labute approximate surface area is 139 Å². The molecule has 6 heteroatoms. The Morgan fingerprint density at radius 3 is 2.92 bits per heavy atom. The van der Waals surface area contributed by atoms with Crippen molar-refractivity contribution in [1.29, 1.82) is 0 Å². The third-order valence-electron chi connectivity index (χ3n) is 3.87. The zero-order chi connectivity index (χ0) is 16.9. The lowest BCUT2D eigenvalue weighted by Gasteiger charge is -2.14. The van der Waals surface area contributed by atoms with Crippen LogP contribution < -0.4 is 10.7 Å². The Hall–Kier alpha value is -2.89. The summed E-state index contributed by atoms with van der Waals surface area (Å²) in [6.07, 6.45) is 4.45. The van der Waals surface area contributed by atoms with Gasteiger partial charge in [0.1, 0.15) is 12.3 Å². The van der Waals surface area contributed by atoms with Crippen molar-refractivity contribution in [2.24, 2.45) is 0 Å². The molecule has 0 fully saturated rings. The second-order valence-electron chi connectivity index (χ2n) is 5.77. The summed E-state index contributed by atoms with van der Waals surface area (Å²) in [6, 6.07) is 10.9. The molecule has 0 aliphatic rings. The van der Waals surface area contributed by atoms with E-state index >= 15 is 0 Å². The van der Waals surface area contributed by atoms with E-state index in [1.165, 1.54) is 6.20 Å². The summed E-state index contributed by atoms with van der Waals surface area (Å²) < 4.78 is 6.83. The minimum absolute atomic E-state index is 0.0215. The van der Waals surface area contributed by atoms with Crippen molar-refractivity contribution >= 4 is 16.8 Å². The number of rotatable bonds is 6. The van der Waals surface area contributed by atoms with Crippen LogP contribution in [-0.2, 0) is 17.8 Å². The van der Waals surface area contributed by atoms with Gasteiger partial charge in [-0.05, 0) is 37.6 Å². The summed E-state index contributed by atoms with van der Waals surface area (Å²) in [5.41, 5.74) is 0.512. The summed E-state index contributed by atoms with van der Waals surface area (Å²) in [5, 5.41) is 7.58. The maximum atomic E-state index is 12.2. The molecule has 6 nitrogen and oxygen atoms in total. The summed E-state index contributed by atoms with van der Waals surface area (Å²) in [4.78, 5) is 24.0. The highest BCUT2D eigenvalue weighted by Crippen LogP contribution is 2.08. The van der Waals surface area contributed by atoms with Gasteiger partial charge in [-0.1, -0.05) is 12.1 Å². The van der Waals surface area contributed by atoms with Gasteiger partial charge in [0, 0.05) is 17.8 Å². The van der Waals surface area contributed by atoms with Crippen LogP contribution in [0.5, 0.6) is 0 Å². The fourth-order valence-electron chi connectivity index (χ4n) is 2.63. The molecule has 1 atom stereocenters. The van der Waals surface area contributed by atoms with Gasteiger partial charge in [0.05, 0.1) is 18.0 Å². The molecule has 0 aliphatic carbocycles. The number of carbonyl (C=O) groups is 1. The topological polar surface area (TPSA) is 77.1 Å². The molecule has 1 aromatic carbocycles. The SMILES string of the molecule is C[C@@H](CCc1ccco1)NC(=O)Cn1ncc(=O)c2ccccc21. The van der Waals surface area contributed by atoms with Gasteiger partial charge < -0.3 is 9.73 Å². The van der Waals surface area contributed by atoms with E-state index in [9.17, 15) is 9.59 Å². The summed E-state index contributed by atoms with van der Waals surface area (Å²) in [5.74, 6) is 0.771. The predicted octanol–water partition coefficient (Wildman–Crippen LogP) is 2.13. The number of furan rings is 1. The van der Waals surface area contributed by atoms with Gasteiger partial charge in [-0.3, -0.25) is 14.3 Å². The van der Waals surface area contributed by atoms with Crippen LogP contribution in [0.15, 0.2) is 58.1 Å². The molecule has 124 valence electrons. The minimum Gasteiger partial charge on any atom is -0.469 e. The molecule has 3 rings (SSSR count). The second kappa shape index (κ2) is 7.12. The van der Waals surface area contributed by atoms with Crippen molar-refractivity contribution < 1.29 is 9.21 Å². The molecule has 1 amide bonds. The van der Waals surface area contributed by atoms with E-state index in [1.54, 1.807) is 29.1 Å². The summed E-state index contributed by atoms with van der Waals surface area (Å²) in [6.45, 7) is 2.03. The molecule has 0 unspecified atom stereocenters. The van der Waals surface area contributed by atoms with Gasteiger partial charge in [0.15, 0.2) is 0 Å². The first kappa shape index (κ1) is 16.0. The number of aryl methyl sites for hydroxylation is 1. The molecule has 3 aromatic rings. The first-order valence-electron chi connectivity index (χ1n) is 7.90. The quantitative estimate of drug-likeness (QED) is 0.753. The van der Waals surface area contributed by atoms with Gasteiger partial charge in [-0.15, -0.1) is 0 Å². The van der Waals surface area contributed by atoms with Crippen molar-refractivity contribution in [3.63, 3.8) is 0 Å². The molecule has 24 heavy (non-hydrogen) atoms. The number of fused-ring (bicyclic) bond motifs is 1. The maximum absolute atomic E-state index is 12.2. The van der Waals surface area contributed by atoms with Gasteiger partial charge in [0.25, 0.3) is 0 Å². The smallest absolute Gasteiger partial charge is 0.241 e. The maximum Gasteiger partial charge on any atom is 0.241 e. The number of amides is 1. The van der Waals surface area contributed by atoms with Crippen molar-refractivity contribution in [2.75, 3.05) is 0 Å². The lowest BCUT2D eigenvalue weighted by molar-refractivity contribution is -0.122. The van der Waals surface area contributed by atoms with E-state index < -0.39 is 0 Å². The monoisotopic (exact) mass is 325 g/mol. The van der Waals surface area contributed by atoms with Gasteiger partial charge >= 0.3 is 0 Å². The van der Waals surface area contributed by atoms with Crippen LogP contribution in [0.3, 0.4) is 0 Å². The van der Waals surface area contributed by atoms with Crippen LogP contribution >= 0.6 is 0 Å². The average molecular weight is 325 g/mol. The number of aromatic nitrogens is 2. The average Bonchev–Trinajstić information content (AvgIpc) is 3.09. The van der Waals surface area contributed by atoms with E-state index in [4.69, 9.17) is 4.42 Å². The first-order chi connectivity index (χ1) is 11.6. The van der Waals surface area contributed by atoms with Crippen LogP contribution in [0.1, 0.15) is 19.1 Å². The van der Waals surface area contributed by atoms with Crippen molar-refractivity contribution in [2.45, 2.75) is 32.4 Å². The fraction of sp³-hybridized carbons (Fsp3) is 0.278. The van der Waals surface area contributed by atoms with E-state index in [-0.39, 0.29) is 23.9 Å². The summed E-state index contributed by atoms with van der Waals surface area (Å²) in [7, 11) is 0. The summed E-state index contributed by atoms with van der Waals surface area (Å²) >= 11 is 0. The molecule has 2 heterocycles. The number of carbonyl (C=O) groups excluding carboxylic acids is 1. The van der Waals surface area contributed by atoms with E-state index in [1.807, 2.05) is 25.1 Å². The Balaban J connectivity index is 1.62. The Morgan fingerprint density at radius 1 is 1.29 bits per heavy atom. The normalized spacial score (nSPS) is 12.2. The third-order valence-corrected chi connectivity index (χ3v) is 3.87. The molecule has 2 aromatic heterocycles. The molecule has 0 radical (unpaired) electrons. The number of hydrogen-bond acceptors (Lipinski definition) is 4. The van der Waals surface area contributed by atoms with E-state index in [2.05, 4.69) is 10.4 Å². The van der Waals surface area contributed by atoms with E-state index in [0.29, 0.717) is 10.9 Å². The standard InChI is InChI=1S/C18H19N3O3/c1-13(8-9-14-5-4-10-24-14)20-18(23)12-21-16-7-3-2-6-15(16)17(22)11-19-21/h2-7,10-11,13H,8-9,12H2,1H3,(H,20,23)/t13-/m0/s1. The Morgan fingerprint density at radius 2 is 2.12 bits per heavy atom. The molecule has 0 saturated heterocycles. The molecule has 0 aliphatic heterocycles. The molecule has 0 bridgehead atoms. The lowest BCUT2D eigenvalue weighted by atomic mass is 10.1. The number of hydrogen-bond donors (Lipinski definition) is 1. The fourth-order valence-corrected chi connectivity index (χ4v) is 2.63. The van der Waals surface area contributed by atoms with Gasteiger partial charge in [0.2, 0.25) is 11.3 Å². The molecule has 1 N–H and O–H groups in total. The largest absolute Gasteiger partial charge is 0.469 e. The zero-order valence-corrected chi connectivity index (χ0v) is 13.4. The minimum atomic E-state index is -0.144. The highest BCUT2D eigenvalue weighted by molar-refractivity contribution is 5.81. The first-order valence-corrected chi connectivity index (χ1v) is 7.90. The number of para-hydroxylation sites is 1.